The molecule has 0 saturated carbocycles. The van der Waals surface area contributed by atoms with Crippen LogP contribution in [0.4, 0.5) is 11.8 Å². The highest BCUT2D eigenvalue weighted by Gasteiger charge is 2.17. The normalized spacial score (nSPS) is 10.5. The van der Waals surface area contributed by atoms with Gasteiger partial charge in [0.2, 0.25) is 5.95 Å². The number of hydrogen-bond donors (Lipinski definition) is 2. The van der Waals surface area contributed by atoms with Gasteiger partial charge in [-0.2, -0.15) is 4.98 Å². The molecule has 0 unspecified atom stereocenters. The van der Waals surface area contributed by atoms with Gasteiger partial charge in [0.1, 0.15) is 5.69 Å². The number of halogens is 3. The van der Waals surface area contributed by atoms with Crippen LogP contribution in [0, 0.1) is 0 Å². The molecule has 0 bridgehead atoms. The minimum atomic E-state index is -0.0273. The van der Waals surface area contributed by atoms with Gasteiger partial charge >= 0.3 is 0 Å². The standard InChI is InChI=1S/C9H6Cl3N5/c10-3-1-2-4(11)6(12)5(3)7-8(13)15-9(14)17-16-7/h1-2H,(H4,13,14,15,17). The maximum Gasteiger partial charge on any atom is 0.242 e. The van der Waals surface area contributed by atoms with E-state index in [2.05, 4.69) is 15.2 Å². The molecule has 0 aliphatic heterocycles. The molecule has 0 atom stereocenters. The molecule has 88 valence electrons. The topological polar surface area (TPSA) is 90.7 Å². The molecule has 0 aliphatic rings. The summed E-state index contributed by atoms with van der Waals surface area (Å²) in [6, 6.07) is 3.16. The highest BCUT2D eigenvalue weighted by Crippen LogP contribution is 2.39. The summed E-state index contributed by atoms with van der Waals surface area (Å²) in [5, 5.41) is 8.36. The quantitative estimate of drug-likeness (QED) is 0.788. The van der Waals surface area contributed by atoms with Gasteiger partial charge in [0.25, 0.3) is 0 Å². The first-order valence-corrected chi connectivity index (χ1v) is 5.53. The van der Waals surface area contributed by atoms with E-state index >= 15 is 0 Å². The van der Waals surface area contributed by atoms with Gasteiger partial charge in [-0.1, -0.05) is 34.8 Å². The Morgan fingerprint density at radius 2 is 1.59 bits per heavy atom. The van der Waals surface area contributed by atoms with Crippen molar-refractivity contribution < 1.29 is 0 Å². The summed E-state index contributed by atoms with van der Waals surface area (Å²) in [4.78, 5) is 3.78. The molecule has 0 amide bonds. The average molecular weight is 291 g/mol. The largest absolute Gasteiger partial charge is 0.382 e. The summed E-state index contributed by atoms with van der Waals surface area (Å²) < 4.78 is 0. The minimum absolute atomic E-state index is 0.0273. The lowest BCUT2D eigenvalue weighted by Gasteiger charge is -2.08. The molecule has 2 aromatic rings. The Labute approximate surface area is 112 Å². The van der Waals surface area contributed by atoms with E-state index < -0.39 is 0 Å². The third kappa shape index (κ3) is 2.22. The highest BCUT2D eigenvalue weighted by atomic mass is 35.5. The summed E-state index contributed by atoms with van der Waals surface area (Å²) in [6.07, 6.45) is 0. The van der Waals surface area contributed by atoms with Crippen molar-refractivity contribution in [2.45, 2.75) is 0 Å². The zero-order valence-corrected chi connectivity index (χ0v) is 10.6. The van der Waals surface area contributed by atoms with Crippen LogP contribution in [0.5, 0.6) is 0 Å². The molecule has 1 aromatic heterocycles. The Morgan fingerprint density at radius 1 is 0.941 bits per heavy atom. The molecule has 4 N–H and O–H groups in total. The van der Waals surface area contributed by atoms with Gasteiger partial charge in [-0.3, -0.25) is 0 Å². The summed E-state index contributed by atoms with van der Waals surface area (Å²) in [7, 11) is 0. The molecule has 1 heterocycles. The lowest BCUT2D eigenvalue weighted by Crippen LogP contribution is -2.04. The zero-order valence-electron chi connectivity index (χ0n) is 8.28. The molecular formula is C9H6Cl3N5. The van der Waals surface area contributed by atoms with Crippen molar-refractivity contribution in [1.82, 2.24) is 15.2 Å². The van der Waals surface area contributed by atoms with Crippen LogP contribution in [0.1, 0.15) is 0 Å². The predicted octanol–water partition coefficient (Wildman–Crippen LogP) is 2.66. The van der Waals surface area contributed by atoms with E-state index in [9.17, 15) is 0 Å². The first kappa shape index (κ1) is 12.2. The van der Waals surface area contributed by atoms with Crippen molar-refractivity contribution in [3.05, 3.63) is 27.2 Å². The van der Waals surface area contributed by atoms with Gasteiger partial charge in [0.05, 0.1) is 15.1 Å². The second-order valence-electron chi connectivity index (χ2n) is 3.12. The van der Waals surface area contributed by atoms with E-state index in [4.69, 9.17) is 46.3 Å². The third-order valence-electron chi connectivity index (χ3n) is 2.01. The second-order valence-corrected chi connectivity index (χ2v) is 4.31. The fourth-order valence-electron chi connectivity index (χ4n) is 1.27. The number of nitrogen functional groups attached to an aromatic ring is 2. The molecule has 0 aliphatic carbocycles. The van der Waals surface area contributed by atoms with Gasteiger partial charge < -0.3 is 11.5 Å². The lowest BCUT2D eigenvalue weighted by molar-refractivity contribution is 1.000. The first-order valence-electron chi connectivity index (χ1n) is 4.40. The maximum atomic E-state index is 6.05. The number of benzene rings is 1. The van der Waals surface area contributed by atoms with Crippen molar-refractivity contribution in [3.63, 3.8) is 0 Å². The molecule has 0 saturated heterocycles. The summed E-state index contributed by atoms with van der Waals surface area (Å²) in [6.45, 7) is 0. The average Bonchev–Trinajstić information content (AvgIpc) is 2.27. The summed E-state index contributed by atoms with van der Waals surface area (Å²) in [5.74, 6) is 0.0593. The maximum absolute atomic E-state index is 6.05. The van der Waals surface area contributed by atoms with Crippen molar-refractivity contribution in [1.29, 1.82) is 0 Å². The fraction of sp³-hybridized carbons (Fsp3) is 0. The first-order chi connectivity index (χ1) is 8.00. The number of nitrogens with two attached hydrogens (primary N) is 2. The van der Waals surface area contributed by atoms with Gasteiger partial charge in [0, 0.05) is 5.56 Å². The Kier molecular flexibility index (Phi) is 3.24. The monoisotopic (exact) mass is 289 g/mol. The molecular weight excluding hydrogens is 284 g/mol. The molecule has 5 nitrogen and oxygen atoms in total. The number of aromatic nitrogens is 3. The minimum Gasteiger partial charge on any atom is -0.382 e. The Morgan fingerprint density at radius 3 is 2.24 bits per heavy atom. The Bertz CT molecular complexity index is 587. The predicted molar refractivity (Wildman–Crippen MR) is 69.1 cm³/mol. The van der Waals surface area contributed by atoms with E-state index in [1.165, 1.54) is 0 Å². The van der Waals surface area contributed by atoms with Gasteiger partial charge in [0.15, 0.2) is 5.82 Å². The molecule has 0 radical (unpaired) electrons. The van der Waals surface area contributed by atoms with E-state index in [0.717, 1.165) is 0 Å². The van der Waals surface area contributed by atoms with Crippen molar-refractivity contribution in [2.24, 2.45) is 0 Å². The molecule has 0 fully saturated rings. The van der Waals surface area contributed by atoms with Crippen LogP contribution < -0.4 is 11.5 Å². The van der Waals surface area contributed by atoms with Crippen molar-refractivity contribution in [3.8, 4) is 11.3 Å². The van der Waals surface area contributed by atoms with E-state index in [1.807, 2.05) is 0 Å². The van der Waals surface area contributed by atoms with Crippen LogP contribution in [0.15, 0.2) is 12.1 Å². The van der Waals surface area contributed by atoms with Crippen molar-refractivity contribution >= 4 is 46.6 Å². The van der Waals surface area contributed by atoms with Gasteiger partial charge in [-0.25, -0.2) is 0 Å². The Hall–Kier alpha value is -1.30. The zero-order chi connectivity index (χ0) is 12.6. The number of rotatable bonds is 1. The van der Waals surface area contributed by atoms with Crippen LogP contribution in [0.3, 0.4) is 0 Å². The summed E-state index contributed by atoms with van der Waals surface area (Å²) in [5.41, 5.74) is 11.7. The summed E-state index contributed by atoms with van der Waals surface area (Å²) >= 11 is 18.0. The molecule has 2 rings (SSSR count). The van der Waals surface area contributed by atoms with E-state index in [1.54, 1.807) is 12.1 Å². The molecule has 8 heteroatoms. The van der Waals surface area contributed by atoms with Gasteiger partial charge in [-0.05, 0) is 12.1 Å². The van der Waals surface area contributed by atoms with Gasteiger partial charge in [-0.15, -0.1) is 10.2 Å². The highest BCUT2D eigenvalue weighted by molar-refractivity contribution is 6.46. The van der Waals surface area contributed by atoms with Crippen molar-refractivity contribution in [2.75, 3.05) is 11.5 Å². The van der Waals surface area contributed by atoms with Crippen LogP contribution in [-0.4, -0.2) is 15.2 Å². The number of nitrogens with zero attached hydrogens (tertiary/aromatic N) is 3. The second kappa shape index (κ2) is 4.52. The van der Waals surface area contributed by atoms with E-state index in [0.29, 0.717) is 15.6 Å². The molecule has 17 heavy (non-hydrogen) atoms. The van der Waals surface area contributed by atoms with Crippen LogP contribution >= 0.6 is 34.8 Å². The van der Waals surface area contributed by atoms with Crippen LogP contribution in [0.2, 0.25) is 15.1 Å². The number of anilines is 2. The lowest BCUT2D eigenvalue weighted by atomic mass is 10.1. The Balaban J connectivity index is 2.72. The van der Waals surface area contributed by atoms with Crippen LogP contribution in [0.25, 0.3) is 11.3 Å². The smallest absolute Gasteiger partial charge is 0.242 e. The molecule has 1 aromatic carbocycles. The third-order valence-corrected chi connectivity index (χ3v) is 3.13. The number of hydrogen-bond acceptors (Lipinski definition) is 5. The van der Waals surface area contributed by atoms with Crippen LogP contribution in [-0.2, 0) is 0 Å². The fourth-order valence-corrected chi connectivity index (χ4v) is 1.98. The SMILES string of the molecule is Nc1nnc(-c2c(Cl)ccc(Cl)c2Cl)c(N)n1. The van der Waals surface area contributed by atoms with E-state index in [-0.39, 0.29) is 22.5 Å². The molecule has 0 spiro atoms.